The SMILES string of the molecule is Cc1nc(CNc2nnc(C)c(C)c2C(=O)O)cs1. The second-order valence-electron chi connectivity index (χ2n) is 4.15. The van der Waals surface area contributed by atoms with Crippen molar-refractivity contribution in [1.29, 1.82) is 0 Å². The van der Waals surface area contributed by atoms with E-state index in [0.29, 0.717) is 17.8 Å². The van der Waals surface area contributed by atoms with Crippen molar-refractivity contribution in [1.82, 2.24) is 15.2 Å². The molecule has 0 spiro atoms. The zero-order chi connectivity index (χ0) is 14.0. The molecule has 0 saturated carbocycles. The van der Waals surface area contributed by atoms with E-state index < -0.39 is 5.97 Å². The molecular weight excluding hydrogens is 264 g/mol. The number of aromatic nitrogens is 3. The van der Waals surface area contributed by atoms with E-state index in [1.165, 1.54) is 0 Å². The topological polar surface area (TPSA) is 88.0 Å². The minimum atomic E-state index is -1.01. The van der Waals surface area contributed by atoms with Crippen molar-refractivity contribution < 1.29 is 9.90 Å². The van der Waals surface area contributed by atoms with Crippen molar-refractivity contribution >= 4 is 23.1 Å². The largest absolute Gasteiger partial charge is 0.478 e. The summed E-state index contributed by atoms with van der Waals surface area (Å²) in [5.41, 5.74) is 2.27. The molecule has 0 bridgehead atoms. The summed E-state index contributed by atoms with van der Waals surface area (Å²) in [6.07, 6.45) is 0. The van der Waals surface area contributed by atoms with Crippen molar-refractivity contribution in [2.24, 2.45) is 0 Å². The van der Waals surface area contributed by atoms with E-state index in [1.807, 2.05) is 12.3 Å². The molecule has 7 heteroatoms. The van der Waals surface area contributed by atoms with Gasteiger partial charge in [-0.1, -0.05) is 0 Å². The van der Waals surface area contributed by atoms with Gasteiger partial charge in [0.25, 0.3) is 0 Å². The molecule has 2 aromatic rings. The Bertz CT molecular complexity index is 624. The van der Waals surface area contributed by atoms with Gasteiger partial charge in [-0.3, -0.25) is 0 Å². The summed E-state index contributed by atoms with van der Waals surface area (Å²) in [6, 6.07) is 0. The molecule has 100 valence electrons. The summed E-state index contributed by atoms with van der Waals surface area (Å²) < 4.78 is 0. The number of thiazole rings is 1. The van der Waals surface area contributed by atoms with E-state index in [1.54, 1.807) is 25.2 Å². The average molecular weight is 278 g/mol. The first-order valence-electron chi connectivity index (χ1n) is 5.71. The maximum Gasteiger partial charge on any atom is 0.339 e. The van der Waals surface area contributed by atoms with E-state index in [-0.39, 0.29) is 11.4 Å². The Morgan fingerprint density at radius 1 is 1.37 bits per heavy atom. The first-order valence-corrected chi connectivity index (χ1v) is 6.59. The molecule has 2 aromatic heterocycles. The number of nitrogens with one attached hydrogen (secondary N) is 1. The number of hydrogen-bond acceptors (Lipinski definition) is 6. The minimum absolute atomic E-state index is 0.166. The Morgan fingerprint density at radius 3 is 2.68 bits per heavy atom. The third-order valence-corrected chi connectivity index (χ3v) is 3.59. The van der Waals surface area contributed by atoms with Crippen LogP contribution in [0.4, 0.5) is 5.82 Å². The Labute approximate surface area is 114 Å². The zero-order valence-corrected chi connectivity index (χ0v) is 11.7. The van der Waals surface area contributed by atoms with Gasteiger partial charge >= 0.3 is 5.97 Å². The highest BCUT2D eigenvalue weighted by atomic mass is 32.1. The van der Waals surface area contributed by atoms with E-state index >= 15 is 0 Å². The number of anilines is 1. The normalized spacial score (nSPS) is 10.5. The van der Waals surface area contributed by atoms with Gasteiger partial charge in [-0.15, -0.1) is 16.4 Å². The second kappa shape index (κ2) is 5.31. The molecule has 19 heavy (non-hydrogen) atoms. The molecule has 0 saturated heterocycles. The lowest BCUT2D eigenvalue weighted by molar-refractivity contribution is 0.0696. The third-order valence-electron chi connectivity index (χ3n) is 2.77. The van der Waals surface area contributed by atoms with Crippen molar-refractivity contribution in [2.45, 2.75) is 27.3 Å². The smallest absolute Gasteiger partial charge is 0.339 e. The minimum Gasteiger partial charge on any atom is -0.478 e. The lowest BCUT2D eigenvalue weighted by Crippen LogP contribution is -2.13. The molecule has 0 fully saturated rings. The van der Waals surface area contributed by atoms with Crippen LogP contribution in [0, 0.1) is 20.8 Å². The fraction of sp³-hybridized carbons (Fsp3) is 0.333. The predicted octanol–water partition coefficient (Wildman–Crippen LogP) is 2.17. The standard InChI is InChI=1S/C12H14N4O2S/c1-6-7(2)15-16-11(10(6)12(17)18)13-4-9-5-19-8(3)14-9/h5H,4H2,1-3H3,(H,13,16)(H,17,18). The number of nitrogens with zero attached hydrogens (tertiary/aromatic N) is 3. The van der Waals surface area contributed by atoms with Crippen molar-refractivity contribution in [3.05, 3.63) is 32.9 Å². The Kier molecular flexibility index (Phi) is 3.75. The summed E-state index contributed by atoms with van der Waals surface area (Å²) in [6.45, 7) is 5.82. The van der Waals surface area contributed by atoms with Crippen LogP contribution in [0.2, 0.25) is 0 Å². The monoisotopic (exact) mass is 278 g/mol. The first kappa shape index (κ1) is 13.4. The average Bonchev–Trinajstić information content (AvgIpc) is 2.76. The molecule has 0 atom stereocenters. The fourth-order valence-corrected chi connectivity index (χ4v) is 2.27. The molecular formula is C12H14N4O2S. The van der Waals surface area contributed by atoms with E-state index in [0.717, 1.165) is 10.7 Å². The Morgan fingerprint density at radius 2 is 2.11 bits per heavy atom. The van der Waals surface area contributed by atoms with Crippen LogP contribution in [-0.4, -0.2) is 26.3 Å². The van der Waals surface area contributed by atoms with E-state index in [4.69, 9.17) is 0 Å². The van der Waals surface area contributed by atoms with Crippen LogP contribution in [0.25, 0.3) is 0 Å². The van der Waals surface area contributed by atoms with Crippen LogP contribution in [0.1, 0.15) is 32.3 Å². The first-order chi connectivity index (χ1) is 8.99. The van der Waals surface area contributed by atoms with Gasteiger partial charge in [-0.25, -0.2) is 9.78 Å². The molecule has 6 nitrogen and oxygen atoms in total. The summed E-state index contributed by atoms with van der Waals surface area (Å²) in [4.78, 5) is 15.6. The quantitative estimate of drug-likeness (QED) is 0.891. The summed E-state index contributed by atoms with van der Waals surface area (Å²) in [5, 5.41) is 23.0. The maximum absolute atomic E-state index is 11.3. The van der Waals surface area contributed by atoms with Gasteiger partial charge in [0.05, 0.1) is 22.9 Å². The lowest BCUT2D eigenvalue weighted by Gasteiger charge is -2.10. The van der Waals surface area contributed by atoms with Gasteiger partial charge in [0.15, 0.2) is 5.82 Å². The molecule has 0 aliphatic heterocycles. The molecule has 0 aliphatic carbocycles. The summed E-state index contributed by atoms with van der Waals surface area (Å²) >= 11 is 1.55. The third kappa shape index (κ3) is 2.87. The predicted molar refractivity (Wildman–Crippen MR) is 72.6 cm³/mol. The molecule has 0 unspecified atom stereocenters. The molecule has 0 aromatic carbocycles. The van der Waals surface area contributed by atoms with Gasteiger partial charge in [0, 0.05) is 5.38 Å². The fourth-order valence-electron chi connectivity index (χ4n) is 1.66. The summed E-state index contributed by atoms with van der Waals surface area (Å²) in [7, 11) is 0. The molecule has 0 aliphatic rings. The zero-order valence-electron chi connectivity index (χ0n) is 10.9. The molecule has 2 heterocycles. The van der Waals surface area contributed by atoms with Gasteiger partial charge in [-0.05, 0) is 26.3 Å². The molecule has 0 amide bonds. The van der Waals surface area contributed by atoms with E-state index in [9.17, 15) is 9.90 Å². The van der Waals surface area contributed by atoms with Gasteiger partial charge < -0.3 is 10.4 Å². The number of aromatic carboxylic acids is 1. The van der Waals surface area contributed by atoms with Crippen LogP contribution in [0.3, 0.4) is 0 Å². The number of carboxylic acids is 1. The highest BCUT2D eigenvalue weighted by Crippen LogP contribution is 2.19. The van der Waals surface area contributed by atoms with Crippen molar-refractivity contribution in [2.75, 3.05) is 5.32 Å². The summed E-state index contributed by atoms with van der Waals surface area (Å²) in [5.74, 6) is -0.728. The molecule has 2 rings (SSSR count). The Balaban J connectivity index is 2.25. The molecule has 0 radical (unpaired) electrons. The lowest BCUT2D eigenvalue weighted by atomic mass is 10.1. The number of hydrogen-bond donors (Lipinski definition) is 2. The van der Waals surface area contributed by atoms with Crippen LogP contribution in [0.15, 0.2) is 5.38 Å². The van der Waals surface area contributed by atoms with Crippen molar-refractivity contribution in [3.8, 4) is 0 Å². The number of carbonyl (C=O) groups is 1. The highest BCUT2D eigenvalue weighted by molar-refractivity contribution is 7.09. The maximum atomic E-state index is 11.3. The van der Waals surface area contributed by atoms with Crippen LogP contribution in [0.5, 0.6) is 0 Å². The van der Waals surface area contributed by atoms with E-state index in [2.05, 4.69) is 20.5 Å². The van der Waals surface area contributed by atoms with Gasteiger partial charge in [0.1, 0.15) is 5.56 Å². The van der Waals surface area contributed by atoms with Crippen molar-refractivity contribution in [3.63, 3.8) is 0 Å². The number of carboxylic acid groups (broad SMARTS) is 1. The number of aryl methyl sites for hydroxylation is 2. The molecule has 2 N–H and O–H groups in total. The van der Waals surface area contributed by atoms with Gasteiger partial charge in [0.2, 0.25) is 0 Å². The second-order valence-corrected chi connectivity index (χ2v) is 5.21. The van der Waals surface area contributed by atoms with Crippen LogP contribution < -0.4 is 5.32 Å². The Hall–Kier alpha value is -2.02. The van der Waals surface area contributed by atoms with Crippen LogP contribution >= 0.6 is 11.3 Å². The van der Waals surface area contributed by atoms with Crippen LogP contribution in [-0.2, 0) is 6.54 Å². The van der Waals surface area contributed by atoms with Gasteiger partial charge in [-0.2, -0.15) is 5.10 Å². The highest BCUT2D eigenvalue weighted by Gasteiger charge is 2.17. The number of rotatable bonds is 4.